The van der Waals surface area contributed by atoms with E-state index in [1.54, 1.807) is 24.7 Å². The average Bonchev–Trinajstić information content (AvgIpc) is 3.41. The maximum atomic E-state index is 5.71. The van der Waals surface area contributed by atoms with Gasteiger partial charge in [0.25, 0.3) is 0 Å². The summed E-state index contributed by atoms with van der Waals surface area (Å²) in [5.74, 6) is 2.95. The van der Waals surface area contributed by atoms with E-state index in [-0.39, 0.29) is 0 Å². The lowest BCUT2D eigenvalue weighted by Crippen LogP contribution is -2.39. The fourth-order valence-corrected chi connectivity index (χ4v) is 3.06. The van der Waals surface area contributed by atoms with Crippen molar-refractivity contribution < 1.29 is 13.9 Å². The number of hydrogen-bond donors (Lipinski definition) is 2. The molecule has 0 bridgehead atoms. The van der Waals surface area contributed by atoms with E-state index in [0.29, 0.717) is 31.5 Å². The van der Waals surface area contributed by atoms with Crippen LogP contribution in [-0.4, -0.2) is 37.7 Å². The normalized spacial score (nSPS) is 11.3. The molecular formula is C20H24N4O3S. The van der Waals surface area contributed by atoms with Gasteiger partial charge >= 0.3 is 0 Å². The number of guanidine groups is 1. The predicted octanol–water partition coefficient (Wildman–Crippen LogP) is 3.55. The topological polar surface area (TPSA) is 80.9 Å². The van der Waals surface area contributed by atoms with Crippen LogP contribution in [-0.2, 0) is 6.54 Å². The molecule has 2 aromatic heterocycles. The average molecular weight is 401 g/mol. The van der Waals surface area contributed by atoms with E-state index in [1.165, 1.54) is 0 Å². The Kier molecular flexibility index (Phi) is 7.31. The molecule has 8 heteroatoms. The molecule has 7 nitrogen and oxygen atoms in total. The Hall–Kier alpha value is -3.00. The molecule has 0 saturated carbocycles. The second kappa shape index (κ2) is 10.4. The molecular weight excluding hydrogens is 376 g/mol. The smallest absolute Gasteiger partial charge is 0.236 e. The number of benzene rings is 1. The summed E-state index contributed by atoms with van der Waals surface area (Å²) >= 11 is 1.60. The van der Waals surface area contributed by atoms with Crippen molar-refractivity contribution in [3.8, 4) is 22.3 Å². The highest BCUT2D eigenvalue weighted by Gasteiger charge is 2.07. The Bertz CT molecular complexity index is 860. The quantitative estimate of drug-likeness (QED) is 0.325. The van der Waals surface area contributed by atoms with E-state index >= 15 is 0 Å². The van der Waals surface area contributed by atoms with Crippen LogP contribution in [0.2, 0.25) is 0 Å². The first-order chi connectivity index (χ1) is 13.8. The standard InChI is InChI=1S/C20H24N4O3S/c1-3-21-20(22-10-11-26-17-8-6-16(25-2)7-9-17)23-13-15-14-27-19(24-15)18-5-4-12-28-18/h4-9,12,14H,3,10-11,13H2,1-2H3,(H2,21,22,23). The van der Waals surface area contributed by atoms with Crippen LogP contribution in [0.1, 0.15) is 12.6 Å². The summed E-state index contributed by atoms with van der Waals surface area (Å²) in [6.07, 6.45) is 1.65. The van der Waals surface area contributed by atoms with Crippen LogP contribution in [0, 0.1) is 0 Å². The molecule has 2 heterocycles. The molecule has 28 heavy (non-hydrogen) atoms. The molecule has 0 atom stereocenters. The van der Waals surface area contributed by atoms with Crippen LogP contribution < -0.4 is 20.1 Å². The van der Waals surface area contributed by atoms with Crippen LogP contribution in [0.15, 0.2) is 57.5 Å². The highest BCUT2D eigenvalue weighted by Crippen LogP contribution is 2.23. The zero-order chi connectivity index (χ0) is 19.6. The van der Waals surface area contributed by atoms with Gasteiger partial charge in [-0.25, -0.2) is 9.98 Å². The van der Waals surface area contributed by atoms with Crippen LogP contribution in [0.4, 0.5) is 0 Å². The number of hydrogen-bond acceptors (Lipinski definition) is 6. The third-order valence-corrected chi connectivity index (χ3v) is 4.61. The molecule has 0 radical (unpaired) electrons. The van der Waals surface area contributed by atoms with Gasteiger partial charge in [0, 0.05) is 6.54 Å². The summed E-state index contributed by atoms with van der Waals surface area (Å²) in [6, 6.07) is 11.5. The summed E-state index contributed by atoms with van der Waals surface area (Å²) < 4.78 is 16.4. The van der Waals surface area contributed by atoms with Gasteiger partial charge in [0.15, 0.2) is 5.96 Å². The van der Waals surface area contributed by atoms with E-state index in [9.17, 15) is 0 Å². The van der Waals surface area contributed by atoms with Crippen molar-refractivity contribution in [3.63, 3.8) is 0 Å². The number of nitrogens with zero attached hydrogens (tertiary/aromatic N) is 2. The maximum absolute atomic E-state index is 5.71. The van der Waals surface area contributed by atoms with Gasteiger partial charge < -0.3 is 24.5 Å². The number of thiophene rings is 1. The minimum atomic E-state index is 0.434. The molecule has 0 aliphatic heterocycles. The Morgan fingerprint density at radius 2 is 2.00 bits per heavy atom. The molecule has 0 saturated heterocycles. The summed E-state index contributed by atoms with van der Waals surface area (Å²) in [5, 5.41) is 8.46. The molecule has 3 rings (SSSR count). The van der Waals surface area contributed by atoms with Gasteiger partial charge in [0.2, 0.25) is 5.89 Å². The maximum Gasteiger partial charge on any atom is 0.236 e. The minimum absolute atomic E-state index is 0.434. The lowest BCUT2D eigenvalue weighted by molar-refractivity contribution is 0.321. The van der Waals surface area contributed by atoms with Crippen molar-refractivity contribution >= 4 is 17.3 Å². The first-order valence-corrected chi connectivity index (χ1v) is 9.93. The second-order valence-electron chi connectivity index (χ2n) is 5.77. The number of oxazole rings is 1. The Morgan fingerprint density at radius 3 is 2.71 bits per heavy atom. The van der Waals surface area contributed by atoms with Gasteiger partial charge in [-0.15, -0.1) is 11.3 Å². The molecule has 1 aromatic carbocycles. The van der Waals surface area contributed by atoms with E-state index in [4.69, 9.17) is 13.9 Å². The third kappa shape index (κ3) is 5.75. The minimum Gasteiger partial charge on any atom is -0.497 e. The first-order valence-electron chi connectivity index (χ1n) is 9.06. The van der Waals surface area contributed by atoms with Crippen LogP contribution in [0.5, 0.6) is 11.5 Å². The SMILES string of the molecule is CCNC(=NCc1coc(-c2cccs2)n1)NCCOc1ccc(OC)cc1. The van der Waals surface area contributed by atoms with Gasteiger partial charge in [-0.1, -0.05) is 6.07 Å². The fourth-order valence-electron chi connectivity index (χ4n) is 2.41. The Morgan fingerprint density at radius 1 is 1.18 bits per heavy atom. The number of methoxy groups -OCH3 is 1. The van der Waals surface area contributed by atoms with Gasteiger partial charge in [0.1, 0.15) is 30.1 Å². The predicted molar refractivity (Wildman–Crippen MR) is 111 cm³/mol. The molecule has 0 fully saturated rings. The zero-order valence-electron chi connectivity index (χ0n) is 16.0. The van der Waals surface area contributed by atoms with Crippen molar-refractivity contribution in [2.24, 2.45) is 4.99 Å². The third-order valence-electron chi connectivity index (χ3n) is 3.75. The molecule has 0 aliphatic rings. The Labute approximate surface area is 168 Å². The number of aromatic nitrogens is 1. The lowest BCUT2D eigenvalue weighted by atomic mass is 10.3. The number of rotatable bonds is 9. The fraction of sp³-hybridized carbons (Fsp3) is 0.300. The molecule has 148 valence electrons. The monoisotopic (exact) mass is 400 g/mol. The number of ether oxygens (including phenoxy) is 2. The molecule has 0 aliphatic carbocycles. The van der Waals surface area contributed by atoms with Crippen molar-refractivity contribution in [1.82, 2.24) is 15.6 Å². The van der Waals surface area contributed by atoms with Crippen LogP contribution >= 0.6 is 11.3 Å². The van der Waals surface area contributed by atoms with Gasteiger partial charge in [-0.2, -0.15) is 0 Å². The van der Waals surface area contributed by atoms with Crippen LogP contribution in [0.25, 0.3) is 10.8 Å². The summed E-state index contributed by atoms with van der Waals surface area (Å²) in [4.78, 5) is 10.0. The van der Waals surface area contributed by atoms with Crippen LogP contribution in [0.3, 0.4) is 0 Å². The first kappa shape index (κ1) is 19.8. The number of nitrogens with one attached hydrogen (secondary N) is 2. The zero-order valence-corrected chi connectivity index (χ0v) is 16.8. The van der Waals surface area contributed by atoms with Crippen molar-refractivity contribution in [1.29, 1.82) is 0 Å². The van der Waals surface area contributed by atoms with E-state index in [0.717, 1.165) is 28.6 Å². The van der Waals surface area contributed by atoms with Gasteiger partial charge in [-0.05, 0) is 42.6 Å². The number of aliphatic imine (C=N–C) groups is 1. The van der Waals surface area contributed by atoms with Crippen molar-refractivity contribution in [2.75, 3.05) is 26.8 Å². The molecule has 0 unspecified atom stereocenters. The van der Waals surface area contributed by atoms with Crippen molar-refractivity contribution in [3.05, 3.63) is 53.7 Å². The summed E-state index contributed by atoms with van der Waals surface area (Å²) in [6.45, 7) is 4.37. The summed E-state index contributed by atoms with van der Waals surface area (Å²) in [5.41, 5.74) is 0.787. The highest BCUT2D eigenvalue weighted by molar-refractivity contribution is 7.13. The largest absolute Gasteiger partial charge is 0.497 e. The second-order valence-corrected chi connectivity index (χ2v) is 6.71. The van der Waals surface area contributed by atoms with Crippen molar-refractivity contribution in [2.45, 2.75) is 13.5 Å². The van der Waals surface area contributed by atoms with E-state index < -0.39 is 0 Å². The Balaban J connectivity index is 1.47. The summed E-state index contributed by atoms with van der Waals surface area (Å²) in [7, 11) is 1.64. The van der Waals surface area contributed by atoms with E-state index in [2.05, 4.69) is 20.6 Å². The molecule has 2 N–H and O–H groups in total. The lowest BCUT2D eigenvalue weighted by Gasteiger charge is -2.12. The highest BCUT2D eigenvalue weighted by atomic mass is 32.1. The van der Waals surface area contributed by atoms with E-state index in [1.807, 2.05) is 48.7 Å². The van der Waals surface area contributed by atoms with Gasteiger partial charge in [0.05, 0.1) is 25.1 Å². The van der Waals surface area contributed by atoms with Gasteiger partial charge in [-0.3, -0.25) is 0 Å². The molecule has 0 amide bonds. The molecule has 0 spiro atoms. The molecule has 3 aromatic rings.